The van der Waals surface area contributed by atoms with Gasteiger partial charge >= 0.3 is 0 Å². The Morgan fingerprint density at radius 1 is 1.00 bits per heavy atom. The largest absolute Gasteiger partial charge is 0.507 e. The lowest BCUT2D eigenvalue weighted by atomic mass is 10.1. The van der Waals surface area contributed by atoms with Crippen molar-refractivity contribution in [2.45, 2.75) is 29.6 Å². The smallest absolute Gasteiger partial charge is 0.129 e. The molecule has 0 spiro atoms. The minimum absolute atomic E-state index is 0.343. The Hall–Kier alpha value is -1.41. The van der Waals surface area contributed by atoms with Gasteiger partial charge in [0.1, 0.15) is 5.75 Å². The molecule has 1 N–H and O–H groups in total. The molecule has 0 amide bonds. The molecule has 0 aliphatic rings. The van der Waals surface area contributed by atoms with Crippen molar-refractivity contribution in [1.82, 2.24) is 0 Å². The fourth-order valence-corrected chi connectivity index (χ4v) is 2.53. The number of hydrogen-bond acceptors (Lipinski definition) is 2. The molecule has 88 valence electrons. The molecule has 0 saturated heterocycles. The molecule has 2 aromatic carbocycles. The van der Waals surface area contributed by atoms with Crippen LogP contribution in [-0.2, 0) is 6.42 Å². The van der Waals surface area contributed by atoms with Crippen molar-refractivity contribution < 1.29 is 5.11 Å². The zero-order valence-corrected chi connectivity index (χ0v) is 10.7. The van der Waals surface area contributed by atoms with Crippen LogP contribution in [-0.4, -0.2) is 5.11 Å². The lowest BCUT2D eigenvalue weighted by molar-refractivity contribution is 0.462. The van der Waals surface area contributed by atoms with E-state index in [0.717, 1.165) is 16.2 Å². The molecule has 2 aromatic rings. The Kier molecular flexibility index (Phi) is 4.10. The van der Waals surface area contributed by atoms with Crippen LogP contribution in [0.3, 0.4) is 0 Å². The third kappa shape index (κ3) is 3.27. The molecule has 17 heavy (non-hydrogen) atoms. The highest BCUT2D eigenvalue weighted by Gasteiger charge is 2.02. The second kappa shape index (κ2) is 5.78. The van der Waals surface area contributed by atoms with Gasteiger partial charge in [-0.1, -0.05) is 49.4 Å². The molecule has 0 fully saturated rings. The number of rotatable bonds is 4. The second-order valence-electron chi connectivity index (χ2n) is 3.96. The molecule has 2 rings (SSSR count). The van der Waals surface area contributed by atoms with Gasteiger partial charge in [0.25, 0.3) is 0 Å². The lowest BCUT2D eigenvalue weighted by Gasteiger charge is -2.05. The quantitative estimate of drug-likeness (QED) is 0.854. The molecular weight excluding hydrogens is 228 g/mol. The van der Waals surface area contributed by atoms with Gasteiger partial charge < -0.3 is 5.11 Å². The number of phenolic OH excluding ortho intramolecular Hbond substituents is 1. The van der Waals surface area contributed by atoms with Crippen molar-refractivity contribution in [2.24, 2.45) is 0 Å². The van der Waals surface area contributed by atoms with Crippen LogP contribution < -0.4 is 0 Å². The number of aromatic hydroxyl groups is 1. The minimum Gasteiger partial charge on any atom is -0.507 e. The molecule has 0 aliphatic carbocycles. The van der Waals surface area contributed by atoms with E-state index in [1.54, 1.807) is 17.8 Å². The maximum atomic E-state index is 9.69. The normalized spacial score (nSPS) is 10.4. The van der Waals surface area contributed by atoms with Crippen molar-refractivity contribution >= 4 is 11.8 Å². The Morgan fingerprint density at radius 2 is 1.71 bits per heavy atom. The molecule has 0 saturated carbocycles. The summed E-state index contributed by atoms with van der Waals surface area (Å²) in [6.07, 6.45) is 2.30. The van der Waals surface area contributed by atoms with Gasteiger partial charge in [-0.3, -0.25) is 0 Å². The number of benzene rings is 2. The van der Waals surface area contributed by atoms with Crippen LogP contribution in [0, 0.1) is 0 Å². The van der Waals surface area contributed by atoms with Crippen LogP contribution in [0.5, 0.6) is 5.75 Å². The van der Waals surface area contributed by atoms with Crippen molar-refractivity contribution in [2.75, 3.05) is 0 Å². The molecule has 1 nitrogen and oxygen atoms in total. The SMILES string of the molecule is CCCc1ccc(Sc2ccccc2O)cc1. The van der Waals surface area contributed by atoms with Gasteiger partial charge in [-0.25, -0.2) is 0 Å². The summed E-state index contributed by atoms with van der Waals surface area (Å²) in [5, 5.41) is 9.69. The standard InChI is InChI=1S/C15H16OS/c1-2-5-12-8-10-13(11-9-12)17-15-7-4-3-6-14(15)16/h3-4,6-11,16H,2,5H2,1H3. The van der Waals surface area contributed by atoms with Crippen molar-refractivity contribution in [3.8, 4) is 5.75 Å². The van der Waals surface area contributed by atoms with Gasteiger partial charge in [-0.2, -0.15) is 0 Å². The Morgan fingerprint density at radius 3 is 2.35 bits per heavy atom. The third-order valence-corrected chi connectivity index (χ3v) is 3.63. The maximum absolute atomic E-state index is 9.69. The van der Waals surface area contributed by atoms with Gasteiger partial charge in [0.05, 0.1) is 4.90 Å². The summed E-state index contributed by atoms with van der Waals surface area (Å²) in [5.74, 6) is 0.343. The monoisotopic (exact) mass is 244 g/mol. The van der Waals surface area contributed by atoms with Crippen LogP contribution in [0.4, 0.5) is 0 Å². The molecular formula is C15H16OS. The van der Waals surface area contributed by atoms with Crippen LogP contribution in [0.25, 0.3) is 0 Å². The van der Waals surface area contributed by atoms with E-state index < -0.39 is 0 Å². The average molecular weight is 244 g/mol. The number of phenols is 1. The number of aryl methyl sites for hydroxylation is 1. The van der Waals surface area contributed by atoms with E-state index in [1.807, 2.05) is 18.2 Å². The first-order valence-corrected chi connectivity index (χ1v) is 6.66. The fraction of sp³-hybridized carbons (Fsp3) is 0.200. The molecule has 0 bridgehead atoms. The number of hydrogen-bond donors (Lipinski definition) is 1. The maximum Gasteiger partial charge on any atom is 0.129 e. The van der Waals surface area contributed by atoms with E-state index >= 15 is 0 Å². The van der Waals surface area contributed by atoms with Gasteiger partial charge in [-0.15, -0.1) is 0 Å². The summed E-state index contributed by atoms with van der Waals surface area (Å²) in [6, 6.07) is 16.0. The molecule has 0 heterocycles. The average Bonchev–Trinajstić information content (AvgIpc) is 2.35. The van der Waals surface area contributed by atoms with Gasteiger partial charge in [0.15, 0.2) is 0 Å². The zero-order chi connectivity index (χ0) is 12.1. The number of para-hydroxylation sites is 1. The Labute approximate surface area is 107 Å². The Bertz CT molecular complexity index is 477. The first-order valence-electron chi connectivity index (χ1n) is 5.84. The molecule has 0 unspecified atom stereocenters. The summed E-state index contributed by atoms with van der Waals surface area (Å²) in [5.41, 5.74) is 1.37. The van der Waals surface area contributed by atoms with Crippen molar-refractivity contribution in [3.63, 3.8) is 0 Å². The van der Waals surface area contributed by atoms with E-state index in [4.69, 9.17) is 0 Å². The van der Waals surface area contributed by atoms with E-state index in [-0.39, 0.29) is 0 Å². The van der Waals surface area contributed by atoms with Crippen LogP contribution >= 0.6 is 11.8 Å². The van der Waals surface area contributed by atoms with E-state index in [2.05, 4.69) is 31.2 Å². The highest BCUT2D eigenvalue weighted by atomic mass is 32.2. The Balaban J connectivity index is 2.11. The molecule has 0 aliphatic heterocycles. The van der Waals surface area contributed by atoms with E-state index in [1.165, 1.54) is 12.0 Å². The predicted molar refractivity (Wildman–Crippen MR) is 72.7 cm³/mol. The highest BCUT2D eigenvalue weighted by Crippen LogP contribution is 2.33. The molecule has 0 aromatic heterocycles. The van der Waals surface area contributed by atoms with Crippen molar-refractivity contribution in [1.29, 1.82) is 0 Å². The van der Waals surface area contributed by atoms with Gasteiger partial charge in [-0.05, 0) is 36.2 Å². The summed E-state index contributed by atoms with van der Waals surface area (Å²) in [7, 11) is 0. The van der Waals surface area contributed by atoms with Crippen LogP contribution in [0.15, 0.2) is 58.3 Å². The predicted octanol–water partition coefficient (Wildman–Crippen LogP) is 4.50. The fourth-order valence-electron chi connectivity index (χ4n) is 1.68. The third-order valence-electron chi connectivity index (χ3n) is 2.56. The summed E-state index contributed by atoms with van der Waals surface area (Å²) < 4.78 is 0. The second-order valence-corrected chi connectivity index (χ2v) is 5.08. The molecule has 2 heteroatoms. The van der Waals surface area contributed by atoms with Crippen LogP contribution in [0.2, 0.25) is 0 Å². The molecule has 0 radical (unpaired) electrons. The minimum atomic E-state index is 0.343. The summed E-state index contributed by atoms with van der Waals surface area (Å²) in [4.78, 5) is 2.06. The zero-order valence-electron chi connectivity index (χ0n) is 9.89. The van der Waals surface area contributed by atoms with Gasteiger partial charge in [0, 0.05) is 4.90 Å². The first-order chi connectivity index (χ1) is 8.29. The van der Waals surface area contributed by atoms with Gasteiger partial charge in [0.2, 0.25) is 0 Å². The van der Waals surface area contributed by atoms with E-state index in [0.29, 0.717) is 5.75 Å². The topological polar surface area (TPSA) is 20.2 Å². The summed E-state index contributed by atoms with van der Waals surface area (Å²) >= 11 is 1.59. The first kappa shape index (κ1) is 12.1. The van der Waals surface area contributed by atoms with Crippen LogP contribution in [0.1, 0.15) is 18.9 Å². The van der Waals surface area contributed by atoms with E-state index in [9.17, 15) is 5.11 Å². The van der Waals surface area contributed by atoms with Crippen molar-refractivity contribution in [3.05, 3.63) is 54.1 Å². The summed E-state index contributed by atoms with van der Waals surface area (Å²) in [6.45, 7) is 2.19. The lowest BCUT2D eigenvalue weighted by Crippen LogP contribution is -1.82. The molecule has 0 atom stereocenters. The highest BCUT2D eigenvalue weighted by molar-refractivity contribution is 7.99.